The molecule has 0 fully saturated rings. The van der Waals surface area contributed by atoms with Crippen LogP contribution in [0.4, 0.5) is 4.39 Å². The topological polar surface area (TPSA) is 43.8 Å². The van der Waals surface area contributed by atoms with E-state index in [1.54, 1.807) is 12.1 Å². The first-order valence-electron chi connectivity index (χ1n) is 7.10. The van der Waals surface area contributed by atoms with Gasteiger partial charge in [0.1, 0.15) is 11.6 Å². The summed E-state index contributed by atoms with van der Waals surface area (Å²) in [5.74, 6) is 0.704. The molecule has 1 heterocycles. The second-order valence-corrected chi connectivity index (χ2v) is 5.71. The van der Waals surface area contributed by atoms with Crippen molar-refractivity contribution in [2.45, 2.75) is 19.4 Å². The van der Waals surface area contributed by atoms with Crippen molar-refractivity contribution in [2.24, 2.45) is 5.73 Å². The molecule has 0 saturated carbocycles. The lowest BCUT2D eigenvalue weighted by atomic mass is 10.1. The molecule has 0 atom stereocenters. The van der Waals surface area contributed by atoms with E-state index < -0.39 is 0 Å². The molecule has 5 heteroatoms. The molecule has 3 nitrogen and oxygen atoms in total. The summed E-state index contributed by atoms with van der Waals surface area (Å²) >= 11 is 4.98. The molecule has 0 spiro atoms. The second kappa shape index (κ2) is 6.23. The molecule has 0 aliphatic rings. The summed E-state index contributed by atoms with van der Waals surface area (Å²) in [7, 11) is 0. The van der Waals surface area contributed by atoms with E-state index in [4.69, 9.17) is 22.9 Å². The van der Waals surface area contributed by atoms with Crippen molar-refractivity contribution >= 4 is 28.2 Å². The van der Waals surface area contributed by atoms with Crippen molar-refractivity contribution in [3.63, 3.8) is 0 Å². The zero-order chi connectivity index (χ0) is 15.5. The van der Waals surface area contributed by atoms with Crippen LogP contribution in [0.25, 0.3) is 11.0 Å². The summed E-state index contributed by atoms with van der Waals surface area (Å²) in [4.78, 5) is 5.18. The van der Waals surface area contributed by atoms with E-state index in [0.29, 0.717) is 24.4 Å². The number of rotatable bonds is 5. The van der Waals surface area contributed by atoms with E-state index in [2.05, 4.69) is 4.57 Å². The molecule has 0 aliphatic heterocycles. The third-order valence-corrected chi connectivity index (χ3v) is 3.80. The quantitative estimate of drug-likeness (QED) is 0.734. The number of benzene rings is 2. The molecule has 2 N–H and O–H groups in total. The Morgan fingerprint density at radius 1 is 1.14 bits per heavy atom. The normalized spacial score (nSPS) is 11.0. The van der Waals surface area contributed by atoms with Gasteiger partial charge in [0.05, 0.1) is 16.0 Å². The third kappa shape index (κ3) is 3.14. The minimum atomic E-state index is -0.231. The molecule has 0 aliphatic carbocycles. The number of hydrogen-bond acceptors (Lipinski definition) is 2. The predicted octanol–water partition coefficient (Wildman–Crippen LogP) is 3.44. The molecule has 22 heavy (non-hydrogen) atoms. The Balaban J connectivity index is 1.97. The zero-order valence-corrected chi connectivity index (χ0v) is 12.8. The minimum absolute atomic E-state index is 0.231. The van der Waals surface area contributed by atoms with E-state index in [-0.39, 0.29) is 5.82 Å². The van der Waals surface area contributed by atoms with Gasteiger partial charge in [-0.2, -0.15) is 0 Å². The summed E-state index contributed by atoms with van der Waals surface area (Å²) in [6.45, 7) is 0.701. The Kier molecular flexibility index (Phi) is 4.15. The molecule has 0 saturated heterocycles. The standard InChI is InChI=1S/C17H16FN3S/c18-13-7-5-12(6-8-13)11-17-20-14-3-1-2-4-15(14)21(17)10-9-16(19)22/h1-8H,9-11H2,(H2,19,22). The number of halogens is 1. The van der Waals surface area contributed by atoms with Gasteiger partial charge in [-0.1, -0.05) is 36.5 Å². The van der Waals surface area contributed by atoms with Crippen LogP contribution in [0.1, 0.15) is 17.8 Å². The van der Waals surface area contributed by atoms with Gasteiger partial charge in [-0.3, -0.25) is 0 Å². The maximum atomic E-state index is 13.0. The molecule has 3 aromatic rings. The Morgan fingerprint density at radius 2 is 1.86 bits per heavy atom. The molecule has 112 valence electrons. The first-order chi connectivity index (χ1) is 10.6. The van der Waals surface area contributed by atoms with Crippen LogP contribution in [-0.2, 0) is 13.0 Å². The molecule has 0 bridgehead atoms. The molecular weight excluding hydrogens is 297 g/mol. The molecule has 0 radical (unpaired) electrons. The average molecular weight is 313 g/mol. The molecular formula is C17H16FN3S. The fourth-order valence-electron chi connectivity index (χ4n) is 2.52. The zero-order valence-electron chi connectivity index (χ0n) is 12.0. The number of aryl methyl sites for hydroxylation is 1. The van der Waals surface area contributed by atoms with Crippen LogP contribution >= 0.6 is 12.2 Å². The maximum absolute atomic E-state index is 13.0. The Labute approximate surface area is 133 Å². The summed E-state index contributed by atoms with van der Waals surface area (Å²) in [6, 6.07) is 14.5. The fraction of sp³-hybridized carbons (Fsp3) is 0.176. The average Bonchev–Trinajstić information content (AvgIpc) is 2.85. The van der Waals surface area contributed by atoms with Gasteiger partial charge in [-0.15, -0.1) is 0 Å². The van der Waals surface area contributed by atoms with E-state index in [9.17, 15) is 4.39 Å². The smallest absolute Gasteiger partial charge is 0.123 e. The predicted molar refractivity (Wildman–Crippen MR) is 90.3 cm³/mol. The van der Waals surface area contributed by atoms with Crippen molar-refractivity contribution in [3.05, 3.63) is 65.7 Å². The SMILES string of the molecule is NC(=S)CCn1c(Cc2ccc(F)cc2)nc2ccccc21. The molecule has 2 aromatic carbocycles. The number of nitrogens with two attached hydrogens (primary N) is 1. The number of hydrogen-bond donors (Lipinski definition) is 1. The Morgan fingerprint density at radius 3 is 2.59 bits per heavy atom. The lowest BCUT2D eigenvalue weighted by molar-refractivity contribution is 0.626. The first-order valence-corrected chi connectivity index (χ1v) is 7.51. The number of imidazole rings is 1. The lowest BCUT2D eigenvalue weighted by Gasteiger charge is -2.09. The number of para-hydroxylation sites is 2. The summed E-state index contributed by atoms with van der Waals surface area (Å²) in [6.07, 6.45) is 1.28. The van der Waals surface area contributed by atoms with Crippen LogP contribution in [0, 0.1) is 5.82 Å². The molecule has 0 amide bonds. The van der Waals surface area contributed by atoms with Crippen LogP contribution < -0.4 is 5.73 Å². The highest BCUT2D eigenvalue weighted by molar-refractivity contribution is 7.80. The second-order valence-electron chi connectivity index (χ2n) is 5.19. The van der Waals surface area contributed by atoms with Crippen LogP contribution in [0.5, 0.6) is 0 Å². The number of fused-ring (bicyclic) bond motifs is 1. The highest BCUT2D eigenvalue weighted by Crippen LogP contribution is 2.19. The van der Waals surface area contributed by atoms with Crippen LogP contribution in [0.15, 0.2) is 48.5 Å². The van der Waals surface area contributed by atoms with Crippen molar-refractivity contribution in [3.8, 4) is 0 Å². The van der Waals surface area contributed by atoms with E-state index >= 15 is 0 Å². The number of aromatic nitrogens is 2. The monoisotopic (exact) mass is 313 g/mol. The van der Waals surface area contributed by atoms with Gasteiger partial charge in [-0.05, 0) is 29.8 Å². The summed E-state index contributed by atoms with van der Waals surface area (Å²) < 4.78 is 15.2. The van der Waals surface area contributed by atoms with E-state index in [1.807, 2.05) is 24.3 Å². The van der Waals surface area contributed by atoms with Crippen molar-refractivity contribution in [1.29, 1.82) is 0 Å². The minimum Gasteiger partial charge on any atom is -0.393 e. The lowest BCUT2D eigenvalue weighted by Crippen LogP contribution is -2.13. The van der Waals surface area contributed by atoms with Gasteiger partial charge in [0.15, 0.2) is 0 Å². The van der Waals surface area contributed by atoms with Gasteiger partial charge in [0.25, 0.3) is 0 Å². The Hall–Kier alpha value is -2.27. The number of thiocarbonyl (C=S) groups is 1. The van der Waals surface area contributed by atoms with Crippen LogP contribution in [0.3, 0.4) is 0 Å². The third-order valence-electron chi connectivity index (χ3n) is 3.59. The summed E-state index contributed by atoms with van der Waals surface area (Å²) in [5, 5.41) is 0. The van der Waals surface area contributed by atoms with Crippen molar-refractivity contribution in [2.75, 3.05) is 0 Å². The highest BCUT2D eigenvalue weighted by atomic mass is 32.1. The van der Waals surface area contributed by atoms with E-state index in [1.165, 1.54) is 12.1 Å². The fourth-order valence-corrected chi connectivity index (χ4v) is 2.61. The maximum Gasteiger partial charge on any atom is 0.123 e. The van der Waals surface area contributed by atoms with Gasteiger partial charge in [0.2, 0.25) is 0 Å². The Bertz CT molecular complexity index is 808. The molecule has 1 aromatic heterocycles. The number of nitrogens with zero attached hydrogens (tertiary/aromatic N) is 2. The summed E-state index contributed by atoms with van der Waals surface area (Å²) in [5.41, 5.74) is 8.66. The van der Waals surface area contributed by atoms with Crippen molar-refractivity contribution in [1.82, 2.24) is 9.55 Å². The van der Waals surface area contributed by atoms with Gasteiger partial charge >= 0.3 is 0 Å². The molecule has 0 unspecified atom stereocenters. The first kappa shape index (κ1) is 14.7. The molecule has 3 rings (SSSR count). The van der Waals surface area contributed by atoms with Crippen LogP contribution in [-0.4, -0.2) is 14.5 Å². The highest BCUT2D eigenvalue weighted by Gasteiger charge is 2.11. The largest absolute Gasteiger partial charge is 0.393 e. The van der Waals surface area contributed by atoms with Crippen molar-refractivity contribution < 1.29 is 4.39 Å². The van der Waals surface area contributed by atoms with Gasteiger partial charge in [0, 0.05) is 19.4 Å². The van der Waals surface area contributed by atoms with Gasteiger partial charge in [-0.25, -0.2) is 9.37 Å². The van der Waals surface area contributed by atoms with Crippen LogP contribution in [0.2, 0.25) is 0 Å². The van der Waals surface area contributed by atoms with E-state index in [0.717, 1.165) is 22.4 Å². The van der Waals surface area contributed by atoms with Gasteiger partial charge < -0.3 is 10.3 Å².